The molecule has 3 heterocycles. The quantitative estimate of drug-likeness (QED) is 0.0302. The van der Waals surface area contributed by atoms with Gasteiger partial charge in [-0.3, -0.25) is 4.68 Å². The second-order valence-electron chi connectivity index (χ2n) is 22.4. The number of hydrogen-bond acceptors (Lipinski definition) is 7. The van der Waals surface area contributed by atoms with Gasteiger partial charge in [-0.1, -0.05) is 259 Å². The van der Waals surface area contributed by atoms with Crippen molar-refractivity contribution in [3.8, 4) is 5.75 Å². The van der Waals surface area contributed by atoms with E-state index in [1.54, 1.807) is 0 Å². The first-order chi connectivity index (χ1) is 40.5. The summed E-state index contributed by atoms with van der Waals surface area (Å²) in [5, 5.41) is 23.7. The molecule has 0 saturated heterocycles. The van der Waals surface area contributed by atoms with E-state index >= 15 is 0 Å². The molecular weight excluding hydrogens is 1150 g/mol. The number of fused-ring (bicyclic) bond motifs is 1. The Morgan fingerprint density at radius 3 is 1.58 bits per heavy atom. The SMILES string of the molecule is CC(C)[Si](Oc1cccc(Cn2cc(/C(=C\CNCc3cccc(I)c3)c3cc(NC(c4ccccc4)(c4ccccc4)c4ccccc4)nc4c3nnn4C(c3ccccc3)(c3ccccc3)c3ccccc3)cn2)c1)(C(C)C)C(C)C. The molecule has 416 valence electrons. The number of nitrogens with zero attached hydrogens (tertiary/aromatic N) is 6. The molecule has 0 fully saturated rings. The highest BCUT2D eigenvalue weighted by Crippen LogP contribution is 2.46. The zero-order valence-corrected chi connectivity index (χ0v) is 51.2. The highest BCUT2D eigenvalue weighted by molar-refractivity contribution is 14.1. The summed E-state index contributed by atoms with van der Waals surface area (Å²) in [6.45, 7) is 15.8. The number of anilines is 1. The maximum Gasteiger partial charge on any atom is 0.258 e. The maximum atomic E-state index is 7.21. The molecule has 0 unspecified atom stereocenters. The lowest BCUT2D eigenvalue weighted by Crippen LogP contribution is -2.50. The van der Waals surface area contributed by atoms with E-state index in [9.17, 15) is 0 Å². The third-order valence-corrected chi connectivity index (χ3v) is 23.1. The first-order valence-corrected chi connectivity index (χ1v) is 32.1. The maximum absolute atomic E-state index is 7.21. The number of pyridine rings is 1. The fraction of sp³-hybridized carbons (Fsp3) is 0.194. The van der Waals surface area contributed by atoms with Gasteiger partial charge in [-0.2, -0.15) is 5.10 Å². The topological polar surface area (TPSA) is 94.7 Å². The highest BCUT2D eigenvalue weighted by atomic mass is 127. The Morgan fingerprint density at radius 1 is 0.578 bits per heavy atom. The van der Waals surface area contributed by atoms with Crippen molar-refractivity contribution >= 4 is 53.5 Å². The van der Waals surface area contributed by atoms with E-state index in [1.807, 2.05) is 15.6 Å². The van der Waals surface area contributed by atoms with Crippen LogP contribution in [0.3, 0.4) is 0 Å². The van der Waals surface area contributed by atoms with Gasteiger partial charge in [-0.05, 0) is 120 Å². The normalized spacial score (nSPS) is 12.4. The lowest BCUT2D eigenvalue weighted by molar-refractivity contribution is 0.457. The van der Waals surface area contributed by atoms with E-state index in [-0.39, 0.29) is 0 Å². The summed E-state index contributed by atoms with van der Waals surface area (Å²) in [6, 6.07) is 83.3. The van der Waals surface area contributed by atoms with Crippen LogP contribution in [-0.4, -0.2) is 44.6 Å². The van der Waals surface area contributed by atoms with Crippen molar-refractivity contribution in [3.63, 3.8) is 0 Å². The average Bonchev–Trinajstić information content (AvgIpc) is 2.00. The summed E-state index contributed by atoms with van der Waals surface area (Å²) < 4.78 is 12.5. The third-order valence-electron chi connectivity index (χ3n) is 16.4. The Kier molecular flexibility index (Phi) is 17.1. The fourth-order valence-electron chi connectivity index (χ4n) is 12.7. The monoisotopic (exact) mass is 1220 g/mol. The molecule has 0 spiro atoms. The highest BCUT2D eigenvalue weighted by Gasteiger charge is 2.47. The molecule has 0 saturated carbocycles. The smallest absolute Gasteiger partial charge is 0.258 e. The summed E-state index contributed by atoms with van der Waals surface area (Å²) >= 11 is 2.39. The van der Waals surface area contributed by atoms with Crippen LogP contribution < -0.4 is 15.1 Å². The molecule has 0 aliphatic rings. The number of nitrogens with one attached hydrogen (secondary N) is 2. The minimum absolute atomic E-state index is 0.450. The van der Waals surface area contributed by atoms with Gasteiger partial charge in [-0.25, -0.2) is 9.67 Å². The van der Waals surface area contributed by atoms with Crippen molar-refractivity contribution in [1.82, 2.24) is 35.1 Å². The van der Waals surface area contributed by atoms with E-state index in [0.29, 0.717) is 53.2 Å². The molecule has 9 nitrogen and oxygen atoms in total. The Morgan fingerprint density at radius 2 is 1.07 bits per heavy atom. The Labute approximate surface area is 503 Å². The van der Waals surface area contributed by atoms with Crippen LogP contribution in [0, 0.1) is 3.57 Å². The number of benzene rings is 8. The molecule has 0 atom stereocenters. The molecule has 0 aliphatic heterocycles. The van der Waals surface area contributed by atoms with Gasteiger partial charge in [0.15, 0.2) is 5.65 Å². The first kappa shape index (κ1) is 56.6. The van der Waals surface area contributed by atoms with Gasteiger partial charge in [-0.15, -0.1) is 5.10 Å². The van der Waals surface area contributed by atoms with E-state index in [1.165, 1.54) is 9.13 Å². The predicted octanol–water partition coefficient (Wildman–Crippen LogP) is 16.7. The summed E-state index contributed by atoms with van der Waals surface area (Å²) in [4.78, 5) is 5.80. The van der Waals surface area contributed by atoms with Gasteiger partial charge in [0, 0.05) is 34.0 Å². The van der Waals surface area contributed by atoms with Crippen LogP contribution in [0.25, 0.3) is 16.7 Å². The lowest BCUT2D eigenvalue weighted by atomic mass is 9.77. The van der Waals surface area contributed by atoms with E-state index in [4.69, 9.17) is 24.8 Å². The number of halogens is 1. The van der Waals surface area contributed by atoms with Crippen molar-refractivity contribution in [1.29, 1.82) is 0 Å². The van der Waals surface area contributed by atoms with Crippen LogP contribution in [0.5, 0.6) is 5.75 Å². The molecular formula is C72H71IN8OSi. The fourth-order valence-corrected chi connectivity index (χ4v) is 18.6. The predicted molar refractivity (Wildman–Crippen MR) is 350 cm³/mol. The molecule has 11 rings (SSSR count). The Balaban J connectivity index is 1.14. The molecule has 0 radical (unpaired) electrons. The number of aromatic nitrogens is 6. The Hall–Kier alpha value is -8.23. The van der Waals surface area contributed by atoms with Crippen LogP contribution in [0.4, 0.5) is 5.82 Å². The lowest BCUT2D eigenvalue weighted by Gasteiger charge is -2.42. The molecule has 0 aliphatic carbocycles. The molecule has 11 aromatic rings. The number of rotatable bonds is 22. The molecule has 0 bridgehead atoms. The van der Waals surface area contributed by atoms with Gasteiger partial charge in [0.05, 0.1) is 12.7 Å². The van der Waals surface area contributed by atoms with Crippen molar-refractivity contribution < 1.29 is 4.43 Å². The average molecular weight is 1220 g/mol. The second-order valence-corrected chi connectivity index (χ2v) is 29.0. The van der Waals surface area contributed by atoms with Crippen LogP contribution in [0.2, 0.25) is 16.6 Å². The molecule has 2 N–H and O–H groups in total. The molecule has 8 aromatic carbocycles. The zero-order chi connectivity index (χ0) is 57.4. The third kappa shape index (κ3) is 11.4. The number of hydrogen-bond donors (Lipinski definition) is 2. The molecule has 83 heavy (non-hydrogen) atoms. The van der Waals surface area contributed by atoms with Crippen LogP contribution in [-0.2, 0) is 24.2 Å². The van der Waals surface area contributed by atoms with Crippen molar-refractivity contribution in [2.75, 3.05) is 11.9 Å². The minimum atomic E-state index is -2.20. The van der Waals surface area contributed by atoms with E-state index in [2.05, 4.69) is 324 Å². The van der Waals surface area contributed by atoms with Gasteiger partial charge in [0.2, 0.25) is 0 Å². The largest absolute Gasteiger partial charge is 0.543 e. The van der Waals surface area contributed by atoms with Crippen molar-refractivity contribution in [2.24, 2.45) is 0 Å². The van der Waals surface area contributed by atoms with Crippen molar-refractivity contribution in [2.45, 2.75) is 82.3 Å². The summed E-state index contributed by atoms with van der Waals surface area (Å²) in [5.74, 6) is 1.55. The zero-order valence-electron chi connectivity index (χ0n) is 48.1. The van der Waals surface area contributed by atoms with Gasteiger partial charge in [0.25, 0.3) is 8.32 Å². The van der Waals surface area contributed by atoms with Crippen molar-refractivity contribution in [3.05, 3.63) is 314 Å². The van der Waals surface area contributed by atoms with Crippen LogP contribution in [0.1, 0.15) is 97.2 Å². The van der Waals surface area contributed by atoms with Crippen LogP contribution >= 0.6 is 22.6 Å². The molecule has 11 heteroatoms. The molecule has 0 amide bonds. The molecule has 3 aromatic heterocycles. The standard InChI is InChI=1S/C72H71IN8OSi/c1-52(2)83(53(3)4,54(5)6)82-65-42-26-28-56(46-65)50-80-51-57(49-75-80)66(43-44-74-48-55-27-25-41-64(73)45-55)67-47-68(77-71(58-29-13-7-14-30-58,59-31-15-8-16-32-59)60-33-17-9-18-34-60)76-70-69(67)78-79-81(70)72(61-35-19-10-20-36-61,62-37-21-11-22-38-62)63-39-23-12-24-40-63/h7-43,45-47,49,51-54,74H,44,48,50H2,1-6H3,(H,76,77)/b66-43+. The summed E-state index contributed by atoms with van der Waals surface area (Å²) in [5.41, 5.74) is 11.8. The van der Waals surface area contributed by atoms with E-state index in [0.717, 1.165) is 61.4 Å². The van der Waals surface area contributed by atoms with Gasteiger partial charge < -0.3 is 15.1 Å². The van der Waals surface area contributed by atoms with Gasteiger partial charge in [0.1, 0.15) is 28.2 Å². The van der Waals surface area contributed by atoms with E-state index < -0.39 is 19.4 Å². The minimum Gasteiger partial charge on any atom is -0.543 e. The van der Waals surface area contributed by atoms with Gasteiger partial charge >= 0.3 is 0 Å². The second kappa shape index (κ2) is 25.1. The van der Waals surface area contributed by atoms with Crippen LogP contribution in [0.15, 0.2) is 255 Å². The Bertz CT molecular complexity index is 3710. The summed E-state index contributed by atoms with van der Waals surface area (Å²) in [7, 11) is -2.20. The first-order valence-electron chi connectivity index (χ1n) is 28.9. The summed E-state index contributed by atoms with van der Waals surface area (Å²) in [6.07, 6.45) is 6.41.